The van der Waals surface area contributed by atoms with Gasteiger partial charge in [0.1, 0.15) is 5.76 Å². The average molecular weight is 187 g/mol. The highest BCUT2D eigenvalue weighted by Gasteiger charge is 2.22. The molecule has 0 bridgehead atoms. The molecule has 2 nitrogen and oxygen atoms in total. The van der Waals surface area contributed by atoms with Crippen LogP contribution in [0.5, 0.6) is 0 Å². The predicted octanol–water partition coefficient (Wildman–Crippen LogP) is 2.30. The van der Waals surface area contributed by atoms with E-state index in [0.717, 1.165) is 18.0 Å². The lowest BCUT2D eigenvalue weighted by molar-refractivity contribution is 0.426. The van der Waals surface area contributed by atoms with Gasteiger partial charge in [0.15, 0.2) is 0 Å². The van der Waals surface area contributed by atoms with Gasteiger partial charge in [-0.3, -0.25) is 0 Å². The molecule has 0 aromatic heterocycles. The fraction of sp³-hybridized carbons (Fsp3) is 0.556. The Kier molecular flexibility index (Phi) is 2.73. The molecule has 2 N–H and O–H groups in total. The molecule has 0 radical (unpaired) electrons. The van der Waals surface area contributed by atoms with Gasteiger partial charge in [-0.25, -0.2) is 0 Å². The van der Waals surface area contributed by atoms with E-state index >= 15 is 0 Å². The highest BCUT2D eigenvalue weighted by atomic mass is 32.3. The van der Waals surface area contributed by atoms with E-state index in [2.05, 4.69) is 30.2 Å². The summed E-state index contributed by atoms with van der Waals surface area (Å²) in [4.78, 5) is 0. The minimum absolute atomic E-state index is 0.420. The molecule has 0 aromatic carbocycles. The largest absolute Gasteiger partial charge is 0.505 e. The first-order chi connectivity index (χ1) is 5.58. The summed E-state index contributed by atoms with van der Waals surface area (Å²) in [7, 11) is -0.871. The summed E-state index contributed by atoms with van der Waals surface area (Å²) in [6.45, 7) is 3.06. The standard InChI is InChI=1S/C9H17NOS/c1-4-6-10-9-8(11)5-7-12(9,2)3/h5,7,10-11H,4,6H2,1-3H3. The molecule has 0 saturated carbocycles. The third-order valence-corrected chi connectivity index (χ3v) is 4.08. The van der Waals surface area contributed by atoms with Crippen LogP contribution in [0.4, 0.5) is 0 Å². The number of aliphatic hydroxyl groups excluding tert-OH is 1. The molecular weight excluding hydrogens is 170 g/mol. The molecule has 12 heavy (non-hydrogen) atoms. The van der Waals surface area contributed by atoms with E-state index in [4.69, 9.17) is 0 Å². The van der Waals surface area contributed by atoms with Crippen molar-refractivity contribution in [1.82, 2.24) is 5.32 Å². The van der Waals surface area contributed by atoms with Crippen molar-refractivity contribution in [1.29, 1.82) is 0 Å². The van der Waals surface area contributed by atoms with Crippen LogP contribution in [0.3, 0.4) is 0 Å². The zero-order valence-corrected chi connectivity index (χ0v) is 8.74. The van der Waals surface area contributed by atoms with E-state index in [-0.39, 0.29) is 0 Å². The summed E-state index contributed by atoms with van der Waals surface area (Å²) in [5.74, 6) is 0.420. The van der Waals surface area contributed by atoms with Gasteiger partial charge in [-0.2, -0.15) is 10.0 Å². The molecule has 1 aliphatic heterocycles. The highest BCUT2D eigenvalue weighted by Crippen LogP contribution is 2.53. The van der Waals surface area contributed by atoms with Crippen LogP contribution in [0.15, 0.2) is 22.3 Å². The molecule has 0 spiro atoms. The molecule has 0 amide bonds. The van der Waals surface area contributed by atoms with Crippen LogP contribution in [0.25, 0.3) is 0 Å². The zero-order valence-electron chi connectivity index (χ0n) is 7.92. The number of allylic oxidation sites excluding steroid dienone is 1. The first-order valence-electron chi connectivity index (χ1n) is 4.16. The Morgan fingerprint density at radius 1 is 1.50 bits per heavy atom. The van der Waals surface area contributed by atoms with Crippen LogP contribution < -0.4 is 5.32 Å². The van der Waals surface area contributed by atoms with E-state index < -0.39 is 10.0 Å². The second-order valence-corrected chi connectivity index (χ2v) is 6.84. The Balaban J connectivity index is 2.68. The Bertz CT molecular complexity index is 231. The van der Waals surface area contributed by atoms with Gasteiger partial charge in [-0.1, -0.05) is 6.92 Å². The molecule has 70 valence electrons. The van der Waals surface area contributed by atoms with Crippen LogP contribution in [0, 0.1) is 0 Å². The molecule has 0 saturated heterocycles. The van der Waals surface area contributed by atoms with Crippen molar-refractivity contribution in [3.8, 4) is 0 Å². The van der Waals surface area contributed by atoms with Gasteiger partial charge < -0.3 is 10.4 Å². The van der Waals surface area contributed by atoms with Gasteiger partial charge in [0.25, 0.3) is 0 Å². The molecule has 3 heteroatoms. The predicted molar refractivity (Wildman–Crippen MR) is 56.5 cm³/mol. The number of rotatable bonds is 3. The fourth-order valence-corrected chi connectivity index (χ4v) is 2.85. The molecule has 1 rings (SSSR count). The molecule has 0 fully saturated rings. The third-order valence-electron chi connectivity index (χ3n) is 1.86. The van der Waals surface area contributed by atoms with Crippen molar-refractivity contribution >= 4 is 10.0 Å². The van der Waals surface area contributed by atoms with Crippen molar-refractivity contribution in [3.05, 3.63) is 22.3 Å². The highest BCUT2D eigenvalue weighted by molar-refractivity contribution is 8.38. The lowest BCUT2D eigenvalue weighted by Crippen LogP contribution is -2.17. The van der Waals surface area contributed by atoms with E-state index in [1.54, 1.807) is 6.08 Å². The zero-order chi connectivity index (χ0) is 9.19. The SMILES string of the molecule is CCCNC1=C(O)C=CS1(C)C. The normalized spacial score (nSPS) is 22.9. The minimum Gasteiger partial charge on any atom is -0.505 e. The van der Waals surface area contributed by atoms with Crippen molar-refractivity contribution in [2.24, 2.45) is 0 Å². The van der Waals surface area contributed by atoms with Gasteiger partial charge in [0, 0.05) is 6.54 Å². The van der Waals surface area contributed by atoms with Crippen molar-refractivity contribution in [3.63, 3.8) is 0 Å². The van der Waals surface area contributed by atoms with Gasteiger partial charge in [-0.15, -0.1) is 0 Å². The third kappa shape index (κ3) is 1.78. The monoisotopic (exact) mass is 187 g/mol. The van der Waals surface area contributed by atoms with Crippen molar-refractivity contribution in [2.75, 3.05) is 19.1 Å². The van der Waals surface area contributed by atoms with Crippen molar-refractivity contribution in [2.45, 2.75) is 13.3 Å². The molecule has 0 atom stereocenters. The Hall–Kier alpha value is -0.570. The summed E-state index contributed by atoms with van der Waals surface area (Å²) in [6, 6.07) is 0. The maximum Gasteiger partial charge on any atom is 0.144 e. The van der Waals surface area contributed by atoms with Crippen LogP contribution in [-0.4, -0.2) is 24.2 Å². The van der Waals surface area contributed by atoms with E-state index in [1.165, 1.54) is 0 Å². The van der Waals surface area contributed by atoms with Gasteiger partial charge in [0.2, 0.25) is 0 Å². The van der Waals surface area contributed by atoms with E-state index in [1.807, 2.05) is 0 Å². The molecule has 0 aliphatic carbocycles. The number of hydrogen-bond acceptors (Lipinski definition) is 2. The second kappa shape index (κ2) is 3.44. The topological polar surface area (TPSA) is 32.3 Å². The van der Waals surface area contributed by atoms with Crippen LogP contribution in [-0.2, 0) is 0 Å². The van der Waals surface area contributed by atoms with Gasteiger partial charge in [0.05, 0.1) is 5.03 Å². The van der Waals surface area contributed by atoms with Gasteiger partial charge >= 0.3 is 0 Å². The summed E-state index contributed by atoms with van der Waals surface area (Å²) in [5, 5.41) is 15.9. The van der Waals surface area contributed by atoms with Crippen LogP contribution >= 0.6 is 10.0 Å². The summed E-state index contributed by atoms with van der Waals surface area (Å²) in [6.07, 6.45) is 7.23. The second-order valence-electron chi connectivity index (χ2n) is 3.35. The molecule has 1 aliphatic rings. The minimum atomic E-state index is -0.871. The summed E-state index contributed by atoms with van der Waals surface area (Å²) >= 11 is 0. The molecule has 0 unspecified atom stereocenters. The quantitative estimate of drug-likeness (QED) is 0.710. The first kappa shape index (κ1) is 9.52. The summed E-state index contributed by atoms with van der Waals surface area (Å²) < 4.78 is 0. The van der Waals surface area contributed by atoms with Gasteiger partial charge in [-0.05, 0) is 30.4 Å². The number of aliphatic hydroxyl groups is 1. The summed E-state index contributed by atoms with van der Waals surface area (Å²) in [5.41, 5.74) is 0. The van der Waals surface area contributed by atoms with Crippen LogP contribution in [0.1, 0.15) is 13.3 Å². The average Bonchev–Trinajstić information content (AvgIpc) is 2.24. The van der Waals surface area contributed by atoms with Crippen LogP contribution in [0.2, 0.25) is 0 Å². The Labute approximate surface area is 75.7 Å². The Morgan fingerprint density at radius 3 is 2.58 bits per heavy atom. The lowest BCUT2D eigenvalue weighted by atomic mass is 10.4. The molecule has 1 heterocycles. The number of nitrogens with one attached hydrogen (secondary N) is 1. The molecule has 0 aromatic rings. The van der Waals surface area contributed by atoms with Crippen molar-refractivity contribution < 1.29 is 5.11 Å². The lowest BCUT2D eigenvalue weighted by Gasteiger charge is -2.27. The maximum absolute atomic E-state index is 9.50. The van der Waals surface area contributed by atoms with E-state index in [0.29, 0.717) is 5.76 Å². The smallest absolute Gasteiger partial charge is 0.144 e. The maximum atomic E-state index is 9.50. The Morgan fingerprint density at radius 2 is 2.17 bits per heavy atom. The fourth-order valence-electron chi connectivity index (χ4n) is 1.16. The number of hydrogen-bond donors (Lipinski definition) is 2. The first-order valence-corrected chi connectivity index (χ1v) is 6.68. The van der Waals surface area contributed by atoms with E-state index in [9.17, 15) is 5.11 Å². The molecular formula is C9H17NOS.